The summed E-state index contributed by atoms with van der Waals surface area (Å²) in [7, 11) is -3.71. The van der Waals surface area contributed by atoms with Gasteiger partial charge in [0.1, 0.15) is 18.1 Å². The molecule has 3 heterocycles. The van der Waals surface area contributed by atoms with Crippen LogP contribution in [0.3, 0.4) is 0 Å². The Morgan fingerprint density at radius 2 is 1.59 bits per heavy atom. The van der Waals surface area contributed by atoms with Crippen LogP contribution in [0.5, 0.6) is 11.5 Å². The summed E-state index contributed by atoms with van der Waals surface area (Å²) in [5.41, 5.74) is 1.43. The van der Waals surface area contributed by atoms with Gasteiger partial charge in [0.05, 0.1) is 16.1 Å². The van der Waals surface area contributed by atoms with Gasteiger partial charge < -0.3 is 14.4 Å². The van der Waals surface area contributed by atoms with Gasteiger partial charge in [-0.05, 0) is 37.5 Å². The molecule has 2 aliphatic heterocycles. The Hall–Kier alpha value is -2.80. The molecule has 7 heteroatoms. The Kier molecular flexibility index (Phi) is 4.54. The molecule has 0 aliphatic carbocycles. The van der Waals surface area contributed by atoms with Crippen LogP contribution in [0.4, 0.5) is 5.69 Å². The van der Waals surface area contributed by atoms with Crippen molar-refractivity contribution in [1.29, 1.82) is 0 Å². The summed E-state index contributed by atoms with van der Waals surface area (Å²) in [6, 6.07) is 12.3. The molecule has 2 aromatic carbocycles. The lowest BCUT2D eigenvalue weighted by molar-refractivity contribution is 0.172. The second-order valence-corrected chi connectivity index (χ2v) is 9.27. The van der Waals surface area contributed by atoms with E-state index in [2.05, 4.69) is 9.88 Å². The molecular weight excluding hydrogens is 388 g/mol. The minimum Gasteiger partial charge on any atom is -0.486 e. The van der Waals surface area contributed by atoms with E-state index in [9.17, 15) is 8.42 Å². The fourth-order valence-corrected chi connectivity index (χ4v) is 5.52. The summed E-state index contributed by atoms with van der Waals surface area (Å²) < 4.78 is 38.5. The van der Waals surface area contributed by atoms with Gasteiger partial charge in [-0.2, -0.15) is 0 Å². The van der Waals surface area contributed by atoms with Gasteiger partial charge in [0.15, 0.2) is 11.5 Å². The number of benzene rings is 2. The fraction of sp³-hybridized carbons (Fsp3) is 0.318. The van der Waals surface area contributed by atoms with Crippen LogP contribution in [0.1, 0.15) is 19.3 Å². The highest BCUT2D eigenvalue weighted by molar-refractivity contribution is 7.91. The third-order valence-electron chi connectivity index (χ3n) is 5.49. The molecule has 0 saturated carbocycles. The van der Waals surface area contributed by atoms with Gasteiger partial charge in [0.2, 0.25) is 9.84 Å². The van der Waals surface area contributed by atoms with Gasteiger partial charge in [-0.1, -0.05) is 18.2 Å². The smallest absolute Gasteiger partial charge is 0.210 e. The molecule has 0 radical (unpaired) electrons. The topological polar surface area (TPSA) is 68.7 Å². The van der Waals surface area contributed by atoms with Gasteiger partial charge in [-0.3, -0.25) is 4.98 Å². The Morgan fingerprint density at radius 3 is 2.31 bits per heavy atom. The van der Waals surface area contributed by atoms with Crippen LogP contribution in [0, 0.1) is 0 Å². The second kappa shape index (κ2) is 7.22. The SMILES string of the molecule is O=S(=O)(c1ccccc1)c1cnc2cc3c(cc2c1N1CCCCC1)OCCO3. The number of piperidine rings is 1. The number of hydrogen-bond donors (Lipinski definition) is 0. The summed E-state index contributed by atoms with van der Waals surface area (Å²) in [6.45, 7) is 2.63. The zero-order chi connectivity index (χ0) is 19.8. The van der Waals surface area contributed by atoms with Crippen molar-refractivity contribution in [2.45, 2.75) is 29.1 Å². The maximum absolute atomic E-state index is 13.5. The van der Waals surface area contributed by atoms with Crippen LogP contribution in [0.25, 0.3) is 10.9 Å². The highest BCUT2D eigenvalue weighted by Gasteiger charge is 2.28. The third-order valence-corrected chi connectivity index (χ3v) is 7.26. The molecule has 1 fully saturated rings. The van der Waals surface area contributed by atoms with E-state index in [1.54, 1.807) is 24.3 Å². The zero-order valence-electron chi connectivity index (χ0n) is 16.0. The van der Waals surface area contributed by atoms with E-state index >= 15 is 0 Å². The van der Waals surface area contributed by atoms with E-state index in [0.29, 0.717) is 30.2 Å². The largest absolute Gasteiger partial charge is 0.486 e. The van der Waals surface area contributed by atoms with E-state index in [1.807, 2.05) is 18.2 Å². The van der Waals surface area contributed by atoms with Crippen molar-refractivity contribution in [1.82, 2.24) is 4.98 Å². The first-order chi connectivity index (χ1) is 14.1. The molecular formula is C22H22N2O4S. The van der Waals surface area contributed by atoms with Crippen molar-refractivity contribution in [2.75, 3.05) is 31.2 Å². The van der Waals surface area contributed by atoms with Crippen LogP contribution in [-0.4, -0.2) is 39.7 Å². The van der Waals surface area contributed by atoms with Gasteiger partial charge in [0.25, 0.3) is 0 Å². The van der Waals surface area contributed by atoms with Crippen molar-refractivity contribution in [3.63, 3.8) is 0 Å². The minimum atomic E-state index is -3.71. The van der Waals surface area contributed by atoms with E-state index < -0.39 is 9.84 Å². The van der Waals surface area contributed by atoms with E-state index in [4.69, 9.17) is 9.47 Å². The Balaban J connectivity index is 1.77. The summed E-state index contributed by atoms with van der Waals surface area (Å²) in [4.78, 5) is 7.20. The monoisotopic (exact) mass is 410 g/mol. The number of nitrogens with zero attached hydrogens (tertiary/aromatic N) is 2. The summed E-state index contributed by atoms with van der Waals surface area (Å²) in [5.74, 6) is 1.29. The number of pyridine rings is 1. The number of fused-ring (bicyclic) bond motifs is 2. The molecule has 3 aromatic rings. The average molecular weight is 410 g/mol. The Bertz CT molecular complexity index is 1160. The molecule has 0 atom stereocenters. The van der Waals surface area contributed by atoms with Crippen molar-refractivity contribution in [2.24, 2.45) is 0 Å². The number of sulfone groups is 1. The molecule has 29 heavy (non-hydrogen) atoms. The number of aromatic nitrogens is 1. The summed E-state index contributed by atoms with van der Waals surface area (Å²) in [6.07, 6.45) is 4.73. The fourth-order valence-electron chi connectivity index (χ4n) is 4.06. The maximum atomic E-state index is 13.5. The lowest BCUT2D eigenvalue weighted by atomic mass is 10.1. The van der Waals surface area contributed by atoms with Crippen molar-refractivity contribution in [3.8, 4) is 11.5 Å². The van der Waals surface area contributed by atoms with E-state index in [-0.39, 0.29) is 9.79 Å². The maximum Gasteiger partial charge on any atom is 0.210 e. The van der Waals surface area contributed by atoms with Crippen LogP contribution in [0.15, 0.2) is 58.5 Å². The second-order valence-electron chi connectivity index (χ2n) is 7.35. The first-order valence-corrected chi connectivity index (χ1v) is 11.4. The van der Waals surface area contributed by atoms with Crippen molar-refractivity contribution < 1.29 is 17.9 Å². The van der Waals surface area contributed by atoms with Gasteiger partial charge in [-0.15, -0.1) is 0 Å². The molecule has 6 nitrogen and oxygen atoms in total. The first kappa shape index (κ1) is 18.2. The Morgan fingerprint density at radius 1 is 0.897 bits per heavy atom. The molecule has 1 saturated heterocycles. The van der Waals surface area contributed by atoms with E-state index in [1.165, 1.54) is 6.20 Å². The predicted octanol–water partition coefficient (Wildman–Crippen LogP) is 3.83. The van der Waals surface area contributed by atoms with Gasteiger partial charge in [0, 0.05) is 30.7 Å². The lowest BCUT2D eigenvalue weighted by Gasteiger charge is -2.31. The van der Waals surface area contributed by atoms with Crippen LogP contribution in [0.2, 0.25) is 0 Å². The average Bonchev–Trinajstić information content (AvgIpc) is 2.78. The molecule has 0 amide bonds. The molecule has 0 spiro atoms. The molecule has 1 aromatic heterocycles. The summed E-state index contributed by atoms with van der Waals surface area (Å²) >= 11 is 0. The Labute approximate surface area is 170 Å². The molecule has 0 bridgehead atoms. The van der Waals surface area contributed by atoms with Crippen LogP contribution < -0.4 is 14.4 Å². The van der Waals surface area contributed by atoms with Crippen LogP contribution >= 0.6 is 0 Å². The summed E-state index contributed by atoms with van der Waals surface area (Å²) in [5, 5.41) is 0.785. The molecule has 5 rings (SSSR count). The molecule has 150 valence electrons. The number of ether oxygens (including phenoxy) is 2. The van der Waals surface area contributed by atoms with E-state index in [0.717, 1.165) is 43.4 Å². The zero-order valence-corrected chi connectivity index (χ0v) is 16.8. The molecule has 0 unspecified atom stereocenters. The van der Waals surface area contributed by atoms with Crippen LogP contribution in [-0.2, 0) is 9.84 Å². The predicted molar refractivity (Wildman–Crippen MR) is 111 cm³/mol. The lowest BCUT2D eigenvalue weighted by Crippen LogP contribution is -2.31. The van der Waals surface area contributed by atoms with Gasteiger partial charge >= 0.3 is 0 Å². The normalized spacial score (nSPS) is 16.8. The third kappa shape index (κ3) is 3.19. The quantitative estimate of drug-likeness (QED) is 0.654. The van der Waals surface area contributed by atoms with Crippen molar-refractivity contribution >= 4 is 26.4 Å². The number of anilines is 1. The van der Waals surface area contributed by atoms with Gasteiger partial charge in [-0.25, -0.2) is 8.42 Å². The number of rotatable bonds is 3. The molecule has 2 aliphatic rings. The standard InChI is InChI=1S/C22H22N2O4S/c25-29(26,16-7-3-1-4-8-16)21-15-23-18-14-20-19(27-11-12-28-20)13-17(18)22(21)24-9-5-2-6-10-24/h1,3-4,7-8,13-15H,2,5-6,9-12H2. The number of hydrogen-bond acceptors (Lipinski definition) is 6. The van der Waals surface area contributed by atoms with Crippen molar-refractivity contribution in [3.05, 3.63) is 48.7 Å². The minimum absolute atomic E-state index is 0.245. The highest BCUT2D eigenvalue weighted by Crippen LogP contribution is 2.42. The molecule has 0 N–H and O–H groups in total. The first-order valence-electron chi connectivity index (χ1n) is 9.92. The highest BCUT2D eigenvalue weighted by atomic mass is 32.2.